The first-order valence-electron chi connectivity index (χ1n) is 7.27. The third-order valence-corrected chi connectivity index (χ3v) is 3.42. The first kappa shape index (κ1) is 15.0. The molecule has 3 aromatic rings. The van der Waals surface area contributed by atoms with Crippen LogP contribution in [-0.2, 0) is 17.8 Å². The molecule has 0 aliphatic heterocycles. The van der Waals surface area contributed by atoms with Crippen LogP contribution in [0.15, 0.2) is 45.8 Å². The van der Waals surface area contributed by atoms with Crippen LogP contribution in [0.1, 0.15) is 11.5 Å². The number of hydrogen-bond donors (Lipinski definition) is 1. The van der Waals surface area contributed by atoms with Gasteiger partial charge in [-0.05, 0) is 13.0 Å². The van der Waals surface area contributed by atoms with Crippen LogP contribution in [0, 0.1) is 6.92 Å². The number of fused-ring (bicyclic) bond motifs is 1. The molecule has 0 radical (unpaired) electrons. The van der Waals surface area contributed by atoms with Gasteiger partial charge in [0.1, 0.15) is 5.76 Å². The molecule has 0 fully saturated rings. The number of nitrogens with one attached hydrogen (secondary N) is 1. The van der Waals surface area contributed by atoms with E-state index in [1.165, 1.54) is 4.68 Å². The Kier molecular flexibility index (Phi) is 4.18. The standard InChI is InChI=1S/C16H16N4O3/c1-11-8-13(23-19-11)9-15(21)17-6-7-20-16(22)14-5-3-2-4-12(14)10-18-20/h2-5,8,10H,6-7,9H2,1H3,(H,17,21). The van der Waals surface area contributed by atoms with Crippen LogP contribution in [0.25, 0.3) is 10.8 Å². The Morgan fingerprint density at radius 3 is 2.96 bits per heavy atom. The molecule has 1 amide bonds. The van der Waals surface area contributed by atoms with Crippen molar-refractivity contribution in [2.45, 2.75) is 19.9 Å². The largest absolute Gasteiger partial charge is 0.361 e. The molecule has 1 N–H and O–H groups in total. The Morgan fingerprint density at radius 2 is 2.17 bits per heavy atom. The summed E-state index contributed by atoms with van der Waals surface area (Å²) in [6.45, 7) is 2.42. The van der Waals surface area contributed by atoms with Gasteiger partial charge in [0.05, 0.1) is 30.2 Å². The highest BCUT2D eigenvalue weighted by Crippen LogP contribution is 2.06. The lowest BCUT2D eigenvalue weighted by Crippen LogP contribution is -2.32. The summed E-state index contributed by atoms with van der Waals surface area (Å²) in [6.07, 6.45) is 1.77. The Morgan fingerprint density at radius 1 is 1.35 bits per heavy atom. The minimum Gasteiger partial charge on any atom is -0.361 e. The molecular weight excluding hydrogens is 296 g/mol. The highest BCUT2D eigenvalue weighted by molar-refractivity contribution is 5.80. The predicted octanol–water partition coefficient (Wildman–Crippen LogP) is 1.05. The van der Waals surface area contributed by atoms with Gasteiger partial charge >= 0.3 is 0 Å². The molecule has 3 rings (SSSR count). The summed E-state index contributed by atoms with van der Waals surface area (Å²) < 4.78 is 6.34. The molecule has 1 aromatic carbocycles. The maximum atomic E-state index is 12.3. The molecule has 7 nitrogen and oxygen atoms in total. The second kappa shape index (κ2) is 6.43. The van der Waals surface area contributed by atoms with Gasteiger partial charge in [-0.2, -0.15) is 5.10 Å². The minimum absolute atomic E-state index is 0.126. The normalized spacial score (nSPS) is 10.8. The summed E-state index contributed by atoms with van der Waals surface area (Å²) in [5.74, 6) is 0.330. The molecular formula is C16H16N4O3. The van der Waals surface area contributed by atoms with Gasteiger partial charge in [0, 0.05) is 18.0 Å². The summed E-state index contributed by atoms with van der Waals surface area (Å²) in [5.41, 5.74) is 0.572. The van der Waals surface area contributed by atoms with E-state index in [4.69, 9.17) is 4.52 Å². The maximum absolute atomic E-state index is 12.3. The number of hydrogen-bond acceptors (Lipinski definition) is 5. The van der Waals surface area contributed by atoms with E-state index >= 15 is 0 Å². The fourth-order valence-corrected chi connectivity index (χ4v) is 2.31. The summed E-state index contributed by atoms with van der Waals surface area (Å²) in [6, 6.07) is 9.00. The third kappa shape index (κ3) is 3.45. The van der Waals surface area contributed by atoms with Crippen molar-refractivity contribution >= 4 is 16.7 Å². The fraction of sp³-hybridized carbons (Fsp3) is 0.250. The Bertz CT molecular complexity index is 897. The molecule has 0 spiro atoms. The maximum Gasteiger partial charge on any atom is 0.274 e. The number of carbonyl (C=O) groups is 1. The smallest absolute Gasteiger partial charge is 0.274 e. The molecule has 0 saturated heterocycles. The van der Waals surface area contributed by atoms with E-state index in [1.54, 1.807) is 25.3 Å². The summed E-state index contributed by atoms with van der Waals surface area (Å²) in [4.78, 5) is 24.1. The van der Waals surface area contributed by atoms with Gasteiger partial charge in [0.15, 0.2) is 0 Å². The van der Waals surface area contributed by atoms with Crippen LogP contribution in [0.2, 0.25) is 0 Å². The average Bonchev–Trinajstić information content (AvgIpc) is 2.95. The highest BCUT2D eigenvalue weighted by atomic mass is 16.5. The topological polar surface area (TPSA) is 90.0 Å². The van der Waals surface area contributed by atoms with Gasteiger partial charge in [-0.25, -0.2) is 4.68 Å². The van der Waals surface area contributed by atoms with Gasteiger partial charge in [0.25, 0.3) is 5.56 Å². The lowest BCUT2D eigenvalue weighted by molar-refractivity contribution is -0.120. The van der Waals surface area contributed by atoms with Crippen molar-refractivity contribution in [3.05, 3.63) is 58.3 Å². The lowest BCUT2D eigenvalue weighted by Gasteiger charge is -2.07. The first-order valence-corrected chi connectivity index (χ1v) is 7.27. The van der Waals surface area contributed by atoms with Crippen LogP contribution in [-0.4, -0.2) is 27.4 Å². The zero-order chi connectivity index (χ0) is 16.2. The lowest BCUT2D eigenvalue weighted by atomic mass is 10.2. The van der Waals surface area contributed by atoms with Crippen LogP contribution in [0.3, 0.4) is 0 Å². The molecule has 0 aliphatic carbocycles. The van der Waals surface area contributed by atoms with E-state index in [1.807, 2.05) is 18.2 Å². The van der Waals surface area contributed by atoms with E-state index in [0.29, 0.717) is 24.2 Å². The van der Waals surface area contributed by atoms with Crippen LogP contribution in [0.5, 0.6) is 0 Å². The average molecular weight is 312 g/mol. The Hall–Kier alpha value is -2.96. The van der Waals surface area contributed by atoms with Crippen molar-refractivity contribution in [2.75, 3.05) is 6.54 Å². The number of carbonyl (C=O) groups excluding carboxylic acids is 1. The van der Waals surface area contributed by atoms with Crippen molar-refractivity contribution in [1.82, 2.24) is 20.3 Å². The van der Waals surface area contributed by atoms with E-state index in [9.17, 15) is 9.59 Å². The van der Waals surface area contributed by atoms with Crippen molar-refractivity contribution < 1.29 is 9.32 Å². The molecule has 23 heavy (non-hydrogen) atoms. The van der Waals surface area contributed by atoms with Crippen LogP contribution < -0.4 is 10.9 Å². The molecule has 2 heterocycles. The fourth-order valence-electron chi connectivity index (χ4n) is 2.31. The first-order chi connectivity index (χ1) is 11.1. The highest BCUT2D eigenvalue weighted by Gasteiger charge is 2.08. The molecule has 0 saturated carbocycles. The summed E-state index contributed by atoms with van der Waals surface area (Å²) in [5, 5.41) is 12.0. The summed E-state index contributed by atoms with van der Waals surface area (Å²) >= 11 is 0. The van der Waals surface area contributed by atoms with Gasteiger partial charge < -0.3 is 9.84 Å². The van der Waals surface area contributed by atoms with E-state index in [0.717, 1.165) is 11.1 Å². The van der Waals surface area contributed by atoms with Gasteiger partial charge in [0.2, 0.25) is 5.91 Å². The van der Waals surface area contributed by atoms with Gasteiger partial charge in [-0.15, -0.1) is 0 Å². The van der Waals surface area contributed by atoms with Gasteiger partial charge in [-0.1, -0.05) is 23.4 Å². The van der Waals surface area contributed by atoms with Crippen molar-refractivity contribution in [3.63, 3.8) is 0 Å². The van der Waals surface area contributed by atoms with E-state index in [-0.39, 0.29) is 17.9 Å². The molecule has 2 aromatic heterocycles. The molecule has 0 unspecified atom stereocenters. The van der Waals surface area contributed by atoms with Crippen molar-refractivity contribution in [3.8, 4) is 0 Å². The number of amides is 1. The molecule has 118 valence electrons. The molecule has 0 bridgehead atoms. The number of rotatable bonds is 5. The predicted molar refractivity (Wildman–Crippen MR) is 84.0 cm³/mol. The van der Waals surface area contributed by atoms with Crippen molar-refractivity contribution in [2.24, 2.45) is 0 Å². The number of aromatic nitrogens is 3. The number of aryl methyl sites for hydroxylation is 1. The van der Waals surface area contributed by atoms with E-state index < -0.39 is 0 Å². The van der Waals surface area contributed by atoms with Crippen LogP contribution in [0.4, 0.5) is 0 Å². The Labute approximate surface area is 131 Å². The minimum atomic E-state index is -0.185. The zero-order valence-electron chi connectivity index (χ0n) is 12.7. The number of nitrogens with zero attached hydrogens (tertiary/aromatic N) is 3. The van der Waals surface area contributed by atoms with Gasteiger partial charge in [-0.3, -0.25) is 9.59 Å². The van der Waals surface area contributed by atoms with Crippen LogP contribution >= 0.6 is 0 Å². The number of benzene rings is 1. The molecule has 0 aliphatic rings. The quantitative estimate of drug-likeness (QED) is 0.760. The molecule has 0 atom stereocenters. The monoisotopic (exact) mass is 312 g/mol. The van der Waals surface area contributed by atoms with Crippen molar-refractivity contribution in [1.29, 1.82) is 0 Å². The van der Waals surface area contributed by atoms with E-state index in [2.05, 4.69) is 15.6 Å². The zero-order valence-corrected chi connectivity index (χ0v) is 12.7. The molecule has 7 heteroatoms. The third-order valence-electron chi connectivity index (χ3n) is 3.42. The second-order valence-corrected chi connectivity index (χ2v) is 5.22. The summed E-state index contributed by atoms with van der Waals surface area (Å²) in [7, 11) is 0. The Balaban J connectivity index is 1.59. The SMILES string of the molecule is Cc1cc(CC(=O)NCCn2ncc3ccccc3c2=O)on1. The second-order valence-electron chi connectivity index (χ2n) is 5.22.